The lowest BCUT2D eigenvalue weighted by molar-refractivity contribution is 0.663. The van der Waals surface area contributed by atoms with Gasteiger partial charge in [-0.15, -0.1) is 5.10 Å². The Morgan fingerprint density at radius 3 is 2.72 bits per heavy atom. The Bertz CT molecular complexity index is 537. The number of hydrogen-bond acceptors (Lipinski definition) is 8. The molecule has 18 heavy (non-hydrogen) atoms. The zero-order valence-corrected chi connectivity index (χ0v) is 11.1. The van der Waals surface area contributed by atoms with E-state index in [2.05, 4.69) is 30.9 Å². The Kier molecular flexibility index (Phi) is 3.72. The monoisotopic (exact) mass is 266 g/mol. The third kappa shape index (κ3) is 2.74. The van der Waals surface area contributed by atoms with Crippen LogP contribution in [-0.4, -0.2) is 30.2 Å². The number of nitrogen functional groups attached to an aromatic ring is 1. The second-order valence-corrected chi connectivity index (χ2v) is 4.92. The molecule has 2 aromatic heterocycles. The minimum Gasteiger partial charge on any atom is -0.308 e. The summed E-state index contributed by atoms with van der Waals surface area (Å²) in [4.78, 5) is 8.73. The number of hydrogen-bond donors (Lipinski definition) is 2. The molecule has 3 N–H and O–H groups in total. The quantitative estimate of drug-likeness (QED) is 0.469. The Balaban J connectivity index is 2.32. The van der Waals surface area contributed by atoms with Gasteiger partial charge in [-0.2, -0.15) is 0 Å². The molecular weight excluding hydrogens is 252 g/mol. The van der Waals surface area contributed by atoms with E-state index in [1.54, 1.807) is 17.8 Å². The summed E-state index contributed by atoms with van der Waals surface area (Å²) >= 11 is 1.36. The predicted molar refractivity (Wildman–Crippen MR) is 66.9 cm³/mol. The summed E-state index contributed by atoms with van der Waals surface area (Å²) in [5, 5.41) is 12.6. The molecular formula is C9H14N8S. The molecule has 0 atom stereocenters. The minimum atomic E-state index is 0.218. The van der Waals surface area contributed by atoms with Crippen molar-refractivity contribution >= 4 is 17.6 Å². The Hall–Kier alpha value is -1.74. The smallest absolute Gasteiger partial charge is 0.215 e. The van der Waals surface area contributed by atoms with E-state index in [1.165, 1.54) is 11.8 Å². The number of hydrazine groups is 1. The summed E-state index contributed by atoms with van der Waals surface area (Å²) < 4.78 is 1.58. The number of aromatic nitrogens is 6. The van der Waals surface area contributed by atoms with Crippen LogP contribution in [0.4, 0.5) is 5.82 Å². The number of nitrogens with zero attached hydrogens (tertiary/aromatic N) is 6. The maximum atomic E-state index is 5.40. The van der Waals surface area contributed by atoms with Crippen LogP contribution in [-0.2, 0) is 7.05 Å². The second kappa shape index (κ2) is 5.27. The topological polar surface area (TPSA) is 107 Å². The lowest BCUT2D eigenvalue weighted by Crippen LogP contribution is -2.11. The van der Waals surface area contributed by atoms with E-state index in [0.29, 0.717) is 11.0 Å². The van der Waals surface area contributed by atoms with Crippen LogP contribution in [0.1, 0.15) is 25.6 Å². The fourth-order valence-corrected chi connectivity index (χ4v) is 1.97. The Morgan fingerprint density at radius 1 is 1.39 bits per heavy atom. The Morgan fingerprint density at radius 2 is 2.17 bits per heavy atom. The molecule has 0 fully saturated rings. The van der Waals surface area contributed by atoms with E-state index in [1.807, 2.05) is 13.8 Å². The highest BCUT2D eigenvalue weighted by atomic mass is 32.2. The highest BCUT2D eigenvalue weighted by Crippen LogP contribution is 2.26. The van der Waals surface area contributed by atoms with Gasteiger partial charge in [-0.25, -0.2) is 20.5 Å². The van der Waals surface area contributed by atoms with Crippen molar-refractivity contribution in [2.45, 2.75) is 29.9 Å². The zero-order valence-electron chi connectivity index (χ0n) is 10.3. The molecule has 0 bridgehead atoms. The van der Waals surface area contributed by atoms with Crippen molar-refractivity contribution < 1.29 is 0 Å². The summed E-state index contributed by atoms with van der Waals surface area (Å²) in [6.07, 6.45) is 0. The highest BCUT2D eigenvalue weighted by molar-refractivity contribution is 7.99. The largest absolute Gasteiger partial charge is 0.308 e. The van der Waals surface area contributed by atoms with Crippen LogP contribution in [0.2, 0.25) is 0 Å². The summed E-state index contributed by atoms with van der Waals surface area (Å²) in [5.41, 5.74) is 2.53. The van der Waals surface area contributed by atoms with Gasteiger partial charge in [-0.1, -0.05) is 13.8 Å². The molecule has 96 valence electrons. The zero-order chi connectivity index (χ0) is 13.1. The van der Waals surface area contributed by atoms with Gasteiger partial charge >= 0.3 is 0 Å². The van der Waals surface area contributed by atoms with Crippen molar-refractivity contribution in [3.05, 3.63) is 11.9 Å². The molecule has 0 saturated heterocycles. The molecule has 2 aromatic rings. The second-order valence-electron chi connectivity index (χ2n) is 3.94. The summed E-state index contributed by atoms with van der Waals surface area (Å²) in [7, 11) is 1.77. The van der Waals surface area contributed by atoms with Crippen molar-refractivity contribution in [3.8, 4) is 0 Å². The first-order valence-corrected chi connectivity index (χ1v) is 6.17. The van der Waals surface area contributed by atoms with Crippen LogP contribution >= 0.6 is 11.8 Å². The fraction of sp³-hybridized carbons (Fsp3) is 0.444. The third-order valence-corrected chi connectivity index (χ3v) is 3.11. The number of aryl methyl sites for hydroxylation is 1. The van der Waals surface area contributed by atoms with Gasteiger partial charge in [-0.3, -0.25) is 0 Å². The number of anilines is 1. The van der Waals surface area contributed by atoms with Gasteiger partial charge in [0.05, 0.1) is 0 Å². The lowest BCUT2D eigenvalue weighted by Gasteiger charge is -2.08. The SMILES string of the molecule is CC(C)c1nc(NN)cc(Sc2nnnn2C)n1. The predicted octanol–water partition coefficient (Wildman–Crippen LogP) is 0.560. The number of nitrogens with one attached hydrogen (secondary N) is 1. The van der Waals surface area contributed by atoms with Crippen molar-refractivity contribution in [2.75, 3.05) is 5.43 Å². The van der Waals surface area contributed by atoms with Gasteiger partial charge in [0.1, 0.15) is 16.7 Å². The Labute approximate surface area is 108 Å². The molecule has 0 saturated carbocycles. The molecule has 9 heteroatoms. The highest BCUT2D eigenvalue weighted by Gasteiger charge is 2.11. The lowest BCUT2D eigenvalue weighted by atomic mass is 10.2. The number of rotatable bonds is 4. The molecule has 0 unspecified atom stereocenters. The van der Waals surface area contributed by atoms with Crippen LogP contribution in [0.15, 0.2) is 16.2 Å². The average molecular weight is 266 g/mol. The van der Waals surface area contributed by atoms with Crippen molar-refractivity contribution in [2.24, 2.45) is 12.9 Å². The van der Waals surface area contributed by atoms with Gasteiger partial charge in [0.15, 0.2) is 0 Å². The molecule has 0 aliphatic heterocycles. The van der Waals surface area contributed by atoms with E-state index in [9.17, 15) is 0 Å². The van der Waals surface area contributed by atoms with E-state index < -0.39 is 0 Å². The van der Waals surface area contributed by atoms with E-state index >= 15 is 0 Å². The van der Waals surface area contributed by atoms with Crippen LogP contribution < -0.4 is 11.3 Å². The van der Waals surface area contributed by atoms with Crippen molar-refractivity contribution in [1.29, 1.82) is 0 Å². The maximum absolute atomic E-state index is 5.40. The third-order valence-electron chi connectivity index (χ3n) is 2.16. The van der Waals surface area contributed by atoms with Gasteiger partial charge in [-0.05, 0) is 22.2 Å². The summed E-state index contributed by atoms with van der Waals surface area (Å²) in [6.45, 7) is 4.04. The first kappa shape index (κ1) is 12.7. The fourth-order valence-electron chi connectivity index (χ4n) is 1.23. The van der Waals surface area contributed by atoms with Crippen LogP contribution in [0.25, 0.3) is 0 Å². The first-order chi connectivity index (χ1) is 8.60. The molecule has 0 aliphatic rings. The molecule has 8 nitrogen and oxygen atoms in total. The first-order valence-electron chi connectivity index (χ1n) is 5.36. The van der Waals surface area contributed by atoms with Crippen molar-refractivity contribution in [1.82, 2.24) is 30.2 Å². The van der Waals surface area contributed by atoms with Gasteiger partial charge in [0.2, 0.25) is 5.16 Å². The van der Waals surface area contributed by atoms with E-state index in [0.717, 1.165) is 10.9 Å². The molecule has 0 radical (unpaired) electrons. The van der Waals surface area contributed by atoms with Crippen LogP contribution in [0.3, 0.4) is 0 Å². The summed E-state index contributed by atoms with van der Waals surface area (Å²) in [6, 6.07) is 1.76. The van der Waals surface area contributed by atoms with Gasteiger partial charge < -0.3 is 5.43 Å². The summed E-state index contributed by atoms with van der Waals surface area (Å²) in [5.74, 6) is 6.91. The van der Waals surface area contributed by atoms with E-state index in [4.69, 9.17) is 5.84 Å². The number of tetrazole rings is 1. The number of nitrogens with two attached hydrogens (primary N) is 1. The molecule has 0 aliphatic carbocycles. The minimum absolute atomic E-state index is 0.218. The molecule has 0 aromatic carbocycles. The molecule has 0 amide bonds. The van der Waals surface area contributed by atoms with Crippen LogP contribution in [0, 0.1) is 0 Å². The molecule has 0 spiro atoms. The molecule has 2 rings (SSSR count). The van der Waals surface area contributed by atoms with Gasteiger partial charge in [0.25, 0.3) is 0 Å². The van der Waals surface area contributed by atoms with E-state index in [-0.39, 0.29) is 5.92 Å². The van der Waals surface area contributed by atoms with Crippen molar-refractivity contribution in [3.63, 3.8) is 0 Å². The average Bonchev–Trinajstić information content (AvgIpc) is 2.74. The van der Waals surface area contributed by atoms with Crippen LogP contribution in [0.5, 0.6) is 0 Å². The maximum Gasteiger partial charge on any atom is 0.215 e. The van der Waals surface area contributed by atoms with Gasteiger partial charge in [0, 0.05) is 19.0 Å². The standard InChI is InChI=1S/C9H14N8S/c1-5(2)8-11-6(13-10)4-7(12-8)18-9-14-15-16-17(9)3/h4-5H,10H2,1-3H3,(H,11,12,13). The normalized spacial score (nSPS) is 10.9. The molecule has 2 heterocycles.